The summed E-state index contributed by atoms with van der Waals surface area (Å²) >= 11 is 0. The number of nitrogens with one attached hydrogen (secondary N) is 2. The van der Waals surface area contributed by atoms with E-state index in [1.165, 1.54) is 12.8 Å². The number of rotatable bonds is 7. The van der Waals surface area contributed by atoms with Gasteiger partial charge in [-0.1, -0.05) is 0 Å². The summed E-state index contributed by atoms with van der Waals surface area (Å²) in [7, 11) is 0. The average molecular weight is 409 g/mol. The van der Waals surface area contributed by atoms with Gasteiger partial charge in [-0.3, -0.25) is 0 Å². The average Bonchev–Trinajstić information content (AvgIpc) is 3.60. The van der Waals surface area contributed by atoms with Crippen LogP contribution < -0.4 is 15.4 Å². The lowest BCUT2D eigenvalue weighted by atomic mass is 10.1. The molecule has 0 bridgehead atoms. The third kappa shape index (κ3) is 5.12. The lowest BCUT2D eigenvalue weighted by Crippen LogP contribution is -2.06. The van der Waals surface area contributed by atoms with Crippen LogP contribution in [0, 0.1) is 42.4 Å². The molecule has 0 aliphatic heterocycles. The van der Waals surface area contributed by atoms with Crippen molar-refractivity contribution in [3.05, 3.63) is 70.8 Å². The number of hydrogen-bond acceptors (Lipinski definition) is 6. The Morgan fingerprint density at radius 3 is 2.19 bits per heavy atom. The first-order valence-corrected chi connectivity index (χ1v) is 10.3. The fraction of sp³-hybridized carbons (Fsp3) is 0.240. The highest BCUT2D eigenvalue weighted by Gasteiger charge is 2.21. The molecule has 0 amide bonds. The number of nitriles is 2. The van der Waals surface area contributed by atoms with Gasteiger partial charge in [0.25, 0.3) is 0 Å². The van der Waals surface area contributed by atoms with Crippen LogP contribution in [-0.4, -0.2) is 11.5 Å². The highest BCUT2D eigenvalue weighted by molar-refractivity contribution is 5.62. The monoisotopic (exact) mass is 409 g/mol. The van der Waals surface area contributed by atoms with E-state index in [9.17, 15) is 5.26 Å². The van der Waals surface area contributed by atoms with E-state index in [1.54, 1.807) is 12.1 Å². The first-order valence-electron chi connectivity index (χ1n) is 10.3. The summed E-state index contributed by atoms with van der Waals surface area (Å²) in [5, 5.41) is 24.9. The van der Waals surface area contributed by atoms with Crippen molar-refractivity contribution in [1.29, 1.82) is 10.5 Å². The van der Waals surface area contributed by atoms with Crippen molar-refractivity contribution in [2.24, 2.45) is 5.92 Å². The van der Waals surface area contributed by atoms with Gasteiger partial charge in [-0.05, 0) is 80.1 Å². The quantitative estimate of drug-likeness (QED) is 0.512. The number of pyridine rings is 1. The van der Waals surface area contributed by atoms with Crippen molar-refractivity contribution in [1.82, 2.24) is 4.98 Å². The summed E-state index contributed by atoms with van der Waals surface area (Å²) < 4.78 is 6.24. The number of aromatic nitrogens is 1. The van der Waals surface area contributed by atoms with Crippen LogP contribution in [0.5, 0.6) is 11.5 Å². The fourth-order valence-corrected chi connectivity index (χ4v) is 3.36. The van der Waals surface area contributed by atoms with Crippen molar-refractivity contribution < 1.29 is 4.74 Å². The molecule has 0 unspecified atom stereocenters. The second-order valence-corrected chi connectivity index (χ2v) is 7.86. The van der Waals surface area contributed by atoms with Gasteiger partial charge in [-0.15, -0.1) is 0 Å². The van der Waals surface area contributed by atoms with Crippen LogP contribution in [0.25, 0.3) is 0 Å². The van der Waals surface area contributed by atoms with Crippen molar-refractivity contribution in [3.63, 3.8) is 0 Å². The predicted octanol–water partition coefficient (Wildman–Crippen LogP) is 5.80. The SMILES string of the molecule is Cc1cc(C#N)cc(C)c1Oc1cc(NCC2CC2)nc(Nc2ccc(C#N)cc2)c1. The van der Waals surface area contributed by atoms with Crippen LogP contribution in [-0.2, 0) is 0 Å². The Labute approximate surface area is 182 Å². The standard InChI is InChI=1S/C25H23N5O/c1-16-9-20(14-27)10-17(2)25(16)31-22-11-23(28-15-19-3-4-19)30-24(12-22)29-21-7-5-18(13-26)6-8-21/h5-12,19H,3-4,15H2,1-2H3,(H2,28,29,30). The molecule has 1 aromatic heterocycles. The summed E-state index contributed by atoms with van der Waals surface area (Å²) in [5.74, 6) is 3.49. The molecule has 1 saturated carbocycles. The molecule has 3 aromatic rings. The van der Waals surface area contributed by atoms with Crippen molar-refractivity contribution in [3.8, 4) is 23.6 Å². The van der Waals surface area contributed by atoms with E-state index in [0.29, 0.717) is 28.6 Å². The molecule has 2 aromatic carbocycles. The Morgan fingerprint density at radius 1 is 0.935 bits per heavy atom. The summed E-state index contributed by atoms with van der Waals surface area (Å²) in [6, 6.07) is 18.9. The molecule has 0 saturated heterocycles. The Balaban J connectivity index is 1.62. The second kappa shape index (κ2) is 8.77. The van der Waals surface area contributed by atoms with Crippen LogP contribution in [0.2, 0.25) is 0 Å². The lowest BCUT2D eigenvalue weighted by Gasteiger charge is -2.15. The predicted molar refractivity (Wildman–Crippen MR) is 121 cm³/mol. The van der Waals surface area contributed by atoms with Crippen LogP contribution in [0.4, 0.5) is 17.3 Å². The van der Waals surface area contributed by atoms with Gasteiger partial charge >= 0.3 is 0 Å². The van der Waals surface area contributed by atoms with E-state index in [4.69, 9.17) is 10.00 Å². The van der Waals surface area contributed by atoms with E-state index in [1.807, 2.05) is 50.2 Å². The first-order chi connectivity index (χ1) is 15.0. The van der Waals surface area contributed by atoms with Gasteiger partial charge in [0.1, 0.15) is 23.1 Å². The minimum atomic E-state index is 0.606. The smallest absolute Gasteiger partial charge is 0.136 e. The van der Waals surface area contributed by atoms with E-state index in [-0.39, 0.29) is 0 Å². The maximum Gasteiger partial charge on any atom is 0.136 e. The van der Waals surface area contributed by atoms with E-state index in [2.05, 4.69) is 27.8 Å². The van der Waals surface area contributed by atoms with Gasteiger partial charge < -0.3 is 15.4 Å². The third-order valence-corrected chi connectivity index (χ3v) is 5.16. The number of hydrogen-bond donors (Lipinski definition) is 2. The van der Waals surface area contributed by atoms with Gasteiger partial charge in [-0.25, -0.2) is 4.98 Å². The van der Waals surface area contributed by atoms with Gasteiger partial charge in [0.2, 0.25) is 0 Å². The lowest BCUT2D eigenvalue weighted by molar-refractivity contribution is 0.475. The highest BCUT2D eigenvalue weighted by Crippen LogP contribution is 2.34. The maximum absolute atomic E-state index is 9.19. The van der Waals surface area contributed by atoms with Gasteiger partial charge in [0.15, 0.2) is 0 Å². The van der Waals surface area contributed by atoms with Crippen LogP contribution in [0.1, 0.15) is 35.1 Å². The van der Waals surface area contributed by atoms with E-state index >= 15 is 0 Å². The zero-order valence-electron chi connectivity index (χ0n) is 17.6. The summed E-state index contributed by atoms with van der Waals surface area (Å²) in [4.78, 5) is 4.67. The van der Waals surface area contributed by atoms with E-state index < -0.39 is 0 Å². The maximum atomic E-state index is 9.19. The van der Waals surface area contributed by atoms with Crippen molar-refractivity contribution >= 4 is 17.3 Å². The Bertz CT molecular complexity index is 1160. The van der Waals surface area contributed by atoms with Gasteiger partial charge in [0, 0.05) is 24.4 Å². The first kappa shape index (κ1) is 20.3. The molecule has 31 heavy (non-hydrogen) atoms. The molecule has 1 aliphatic rings. The highest BCUT2D eigenvalue weighted by atomic mass is 16.5. The molecule has 1 aliphatic carbocycles. The topological polar surface area (TPSA) is 93.8 Å². The number of benzene rings is 2. The zero-order valence-corrected chi connectivity index (χ0v) is 17.6. The fourth-order valence-electron chi connectivity index (χ4n) is 3.36. The molecule has 6 nitrogen and oxygen atoms in total. The molecule has 1 heterocycles. The molecule has 4 rings (SSSR count). The molecular formula is C25H23N5O. The summed E-state index contributed by atoms with van der Waals surface area (Å²) in [6.45, 7) is 4.76. The minimum Gasteiger partial charge on any atom is -0.457 e. The van der Waals surface area contributed by atoms with Crippen molar-refractivity contribution in [2.45, 2.75) is 26.7 Å². The van der Waals surface area contributed by atoms with Crippen LogP contribution in [0.15, 0.2) is 48.5 Å². The van der Waals surface area contributed by atoms with Gasteiger partial charge in [-0.2, -0.15) is 10.5 Å². The van der Waals surface area contributed by atoms with Crippen LogP contribution in [0.3, 0.4) is 0 Å². The van der Waals surface area contributed by atoms with E-state index in [0.717, 1.165) is 34.9 Å². The third-order valence-electron chi connectivity index (χ3n) is 5.16. The number of aryl methyl sites for hydroxylation is 2. The number of nitrogens with zero attached hydrogens (tertiary/aromatic N) is 3. The molecule has 154 valence electrons. The summed E-state index contributed by atoms with van der Waals surface area (Å²) in [5.41, 5.74) is 3.87. The Morgan fingerprint density at radius 2 is 1.58 bits per heavy atom. The molecule has 6 heteroatoms. The normalized spacial score (nSPS) is 12.5. The molecule has 2 N–H and O–H groups in total. The Kier molecular flexibility index (Phi) is 5.73. The molecular weight excluding hydrogens is 386 g/mol. The zero-order chi connectivity index (χ0) is 21.8. The minimum absolute atomic E-state index is 0.606. The summed E-state index contributed by atoms with van der Waals surface area (Å²) in [6.07, 6.45) is 2.51. The molecule has 0 atom stereocenters. The van der Waals surface area contributed by atoms with Gasteiger partial charge in [0.05, 0.1) is 23.3 Å². The Hall–Kier alpha value is -4.03. The number of anilines is 3. The van der Waals surface area contributed by atoms with Crippen LogP contribution >= 0.6 is 0 Å². The molecule has 0 radical (unpaired) electrons. The second-order valence-electron chi connectivity index (χ2n) is 7.86. The molecule has 1 fully saturated rings. The van der Waals surface area contributed by atoms with Crippen molar-refractivity contribution in [2.75, 3.05) is 17.2 Å². The largest absolute Gasteiger partial charge is 0.457 e. The molecule has 0 spiro atoms. The number of ether oxygens (including phenoxy) is 1.